The lowest BCUT2D eigenvalue weighted by molar-refractivity contribution is -0.118. The zero-order valence-corrected chi connectivity index (χ0v) is 14.3. The van der Waals surface area contributed by atoms with E-state index in [2.05, 4.69) is 18.8 Å². The first-order valence-corrected chi connectivity index (χ1v) is 9.10. The van der Waals surface area contributed by atoms with Crippen LogP contribution in [0.15, 0.2) is 30.5 Å². The summed E-state index contributed by atoms with van der Waals surface area (Å²) in [5, 5.41) is 0.875. The highest BCUT2D eigenvalue weighted by atomic mass is 32.2. The molecule has 1 aliphatic rings. The monoisotopic (exact) mass is 349 g/mol. The Bertz CT molecular complexity index is 880. The second-order valence-electron chi connectivity index (χ2n) is 6.16. The summed E-state index contributed by atoms with van der Waals surface area (Å²) in [5.41, 5.74) is 1.49. The Morgan fingerprint density at radius 3 is 2.79 bits per heavy atom. The number of carbonyl (C=O) groups is 1. The van der Waals surface area contributed by atoms with E-state index in [4.69, 9.17) is 4.74 Å². The highest BCUT2D eigenvalue weighted by molar-refractivity contribution is 7.88. The number of pyridine rings is 1. The van der Waals surface area contributed by atoms with E-state index in [0.717, 1.165) is 26.5 Å². The second kappa shape index (κ2) is 6.37. The van der Waals surface area contributed by atoms with Crippen molar-refractivity contribution in [2.24, 2.45) is 5.92 Å². The Morgan fingerprint density at radius 2 is 2.12 bits per heavy atom. The van der Waals surface area contributed by atoms with E-state index in [-0.39, 0.29) is 13.1 Å². The summed E-state index contributed by atoms with van der Waals surface area (Å²) in [6.45, 7) is 4.72. The normalized spacial score (nSPS) is 17.4. The molecule has 0 bridgehead atoms. The van der Waals surface area contributed by atoms with Crippen LogP contribution in [0.2, 0.25) is 0 Å². The molecule has 1 aromatic heterocycles. The molecule has 0 aliphatic carbocycles. The van der Waals surface area contributed by atoms with Crippen molar-refractivity contribution >= 4 is 27.0 Å². The maximum absolute atomic E-state index is 11.8. The van der Waals surface area contributed by atoms with Gasteiger partial charge in [0.2, 0.25) is 5.91 Å². The molecule has 24 heavy (non-hydrogen) atoms. The van der Waals surface area contributed by atoms with Gasteiger partial charge in [-0.3, -0.25) is 9.78 Å². The molecule has 0 atom stereocenters. The van der Waals surface area contributed by atoms with Crippen molar-refractivity contribution in [3.63, 3.8) is 0 Å². The fourth-order valence-electron chi connectivity index (χ4n) is 2.48. The van der Waals surface area contributed by atoms with Gasteiger partial charge in [0, 0.05) is 18.1 Å². The molecule has 1 N–H and O–H groups in total. The van der Waals surface area contributed by atoms with Crippen LogP contribution in [0.5, 0.6) is 5.75 Å². The number of aromatic nitrogens is 1. The minimum atomic E-state index is -3.73. The van der Waals surface area contributed by atoms with Crippen LogP contribution in [0.25, 0.3) is 10.9 Å². The summed E-state index contributed by atoms with van der Waals surface area (Å²) in [4.78, 5) is 15.6. The standard InChI is InChI=1S/C16H19N3O4S/c1-11(2)10-23-15-5-6-17-14-7-12(3-4-13(14)15)8-19-9-16(20)18-24(19,21)22/h3-7,11H,8-10H2,1-2H3,(H,18,20). The van der Waals surface area contributed by atoms with Gasteiger partial charge in [-0.25, -0.2) is 4.72 Å². The Morgan fingerprint density at radius 1 is 1.33 bits per heavy atom. The molecular weight excluding hydrogens is 330 g/mol. The van der Waals surface area contributed by atoms with Crippen molar-refractivity contribution in [3.8, 4) is 5.75 Å². The van der Waals surface area contributed by atoms with Crippen molar-refractivity contribution in [1.29, 1.82) is 0 Å². The highest BCUT2D eigenvalue weighted by Crippen LogP contribution is 2.26. The minimum absolute atomic E-state index is 0.121. The zero-order chi connectivity index (χ0) is 17.3. The maximum atomic E-state index is 11.8. The Kier molecular flexibility index (Phi) is 4.42. The number of amides is 1. The lowest BCUT2D eigenvalue weighted by atomic mass is 10.1. The van der Waals surface area contributed by atoms with Gasteiger partial charge >= 0.3 is 10.2 Å². The number of nitrogens with zero attached hydrogens (tertiary/aromatic N) is 2. The SMILES string of the molecule is CC(C)COc1ccnc2cc(CN3CC(=O)NS3(=O)=O)ccc12. The van der Waals surface area contributed by atoms with Gasteiger partial charge in [-0.15, -0.1) is 0 Å². The molecule has 0 saturated carbocycles. The van der Waals surface area contributed by atoms with Crippen molar-refractivity contribution < 1.29 is 17.9 Å². The van der Waals surface area contributed by atoms with Crippen molar-refractivity contribution in [2.45, 2.75) is 20.4 Å². The topological polar surface area (TPSA) is 88.6 Å². The summed E-state index contributed by atoms with van der Waals surface area (Å²) in [6.07, 6.45) is 1.67. The summed E-state index contributed by atoms with van der Waals surface area (Å²) in [6, 6.07) is 7.32. The van der Waals surface area contributed by atoms with Crippen LogP contribution < -0.4 is 9.46 Å². The number of hydrogen-bond acceptors (Lipinski definition) is 5. The molecular formula is C16H19N3O4S. The third kappa shape index (κ3) is 3.49. The van der Waals surface area contributed by atoms with Gasteiger partial charge in [0.1, 0.15) is 5.75 Å². The Labute approximate surface area is 140 Å². The van der Waals surface area contributed by atoms with E-state index in [0.29, 0.717) is 12.5 Å². The van der Waals surface area contributed by atoms with Crippen LogP contribution in [-0.2, 0) is 21.5 Å². The first-order valence-electron chi connectivity index (χ1n) is 7.66. The fraction of sp³-hybridized carbons (Fsp3) is 0.375. The molecule has 1 aromatic carbocycles. The van der Waals surface area contributed by atoms with Gasteiger partial charge in [-0.05, 0) is 29.7 Å². The van der Waals surface area contributed by atoms with Gasteiger partial charge in [0.05, 0.1) is 18.7 Å². The molecule has 128 valence electrons. The van der Waals surface area contributed by atoms with Crippen LogP contribution in [0.3, 0.4) is 0 Å². The third-order valence-corrected chi connectivity index (χ3v) is 5.02. The van der Waals surface area contributed by atoms with Crippen molar-refractivity contribution in [1.82, 2.24) is 14.0 Å². The first-order chi connectivity index (χ1) is 11.3. The third-order valence-electron chi connectivity index (χ3n) is 3.60. The summed E-state index contributed by atoms with van der Waals surface area (Å²) in [7, 11) is -3.73. The number of carbonyl (C=O) groups excluding carboxylic acids is 1. The molecule has 8 heteroatoms. The lowest BCUT2D eigenvalue weighted by Gasteiger charge is -2.14. The molecule has 3 rings (SSSR count). The van der Waals surface area contributed by atoms with E-state index < -0.39 is 16.1 Å². The van der Waals surface area contributed by atoms with Crippen LogP contribution >= 0.6 is 0 Å². The van der Waals surface area contributed by atoms with Crippen LogP contribution in [-0.4, -0.2) is 36.8 Å². The molecule has 2 aromatic rings. The Balaban J connectivity index is 1.85. The smallest absolute Gasteiger partial charge is 0.304 e. The van der Waals surface area contributed by atoms with Crippen LogP contribution in [0.1, 0.15) is 19.4 Å². The van der Waals surface area contributed by atoms with Gasteiger partial charge < -0.3 is 4.74 Å². The fourth-order valence-corrected chi connectivity index (χ4v) is 3.57. The number of nitrogens with one attached hydrogen (secondary N) is 1. The quantitative estimate of drug-likeness (QED) is 0.882. The predicted octanol–water partition coefficient (Wildman–Crippen LogP) is 1.45. The van der Waals surface area contributed by atoms with Crippen LogP contribution in [0, 0.1) is 5.92 Å². The molecule has 0 spiro atoms. The number of hydrogen-bond donors (Lipinski definition) is 1. The van der Waals surface area contributed by atoms with Gasteiger partial charge in [0.15, 0.2) is 0 Å². The summed E-state index contributed by atoms with van der Waals surface area (Å²) in [5.74, 6) is 0.655. The van der Waals surface area contributed by atoms with E-state index in [1.807, 2.05) is 29.0 Å². The van der Waals surface area contributed by atoms with Crippen molar-refractivity contribution in [3.05, 3.63) is 36.0 Å². The predicted molar refractivity (Wildman–Crippen MR) is 89.5 cm³/mol. The molecule has 0 unspecified atom stereocenters. The van der Waals surface area contributed by atoms with Crippen LogP contribution in [0.4, 0.5) is 0 Å². The Hall–Kier alpha value is -2.19. The number of fused-ring (bicyclic) bond motifs is 1. The molecule has 1 saturated heterocycles. The van der Waals surface area contributed by atoms with E-state index in [9.17, 15) is 13.2 Å². The average molecular weight is 349 g/mol. The second-order valence-corrected chi connectivity index (χ2v) is 7.83. The molecule has 0 radical (unpaired) electrons. The molecule has 1 fully saturated rings. The largest absolute Gasteiger partial charge is 0.493 e. The minimum Gasteiger partial charge on any atom is -0.493 e. The van der Waals surface area contributed by atoms with E-state index >= 15 is 0 Å². The summed E-state index contributed by atoms with van der Waals surface area (Å²) >= 11 is 0. The number of ether oxygens (including phenoxy) is 1. The zero-order valence-electron chi connectivity index (χ0n) is 13.5. The molecule has 2 heterocycles. The van der Waals surface area contributed by atoms with Gasteiger partial charge in [-0.2, -0.15) is 12.7 Å². The number of benzene rings is 1. The van der Waals surface area contributed by atoms with E-state index in [1.54, 1.807) is 6.20 Å². The molecule has 1 amide bonds. The molecule has 7 nitrogen and oxygen atoms in total. The van der Waals surface area contributed by atoms with Crippen molar-refractivity contribution in [2.75, 3.05) is 13.2 Å². The maximum Gasteiger partial charge on any atom is 0.304 e. The van der Waals surface area contributed by atoms with E-state index in [1.165, 1.54) is 0 Å². The summed E-state index contributed by atoms with van der Waals surface area (Å²) < 4.78 is 32.5. The average Bonchev–Trinajstić information content (AvgIpc) is 2.76. The van der Waals surface area contributed by atoms with Gasteiger partial charge in [0.25, 0.3) is 0 Å². The highest BCUT2D eigenvalue weighted by Gasteiger charge is 2.33. The number of rotatable bonds is 5. The first kappa shape index (κ1) is 16.7. The lowest BCUT2D eigenvalue weighted by Crippen LogP contribution is -2.29. The van der Waals surface area contributed by atoms with Gasteiger partial charge in [-0.1, -0.05) is 19.9 Å². The molecule has 1 aliphatic heterocycles.